The van der Waals surface area contributed by atoms with Crippen molar-refractivity contribution in [2.45, 2.75) is 52.3 Å². The molecular formula is C11H20Cl. The molecule has 1 heteroatoms. The maximum Gasteiger partial charge on any atom is 0.0401 e. The van der Waals surface area contributed by atoms with E-state index in [2.05, 4.69) is 27.7 Å². The van der Waals surface area contributed by atoms with Gasteiger partial charge in [-0.05, 0) is 36.5 Å². The van der Waals surface area contributed by atoms with Gasteiger partial charge < -0.3 is 0 Å². The van der Waals surface area contributed by atoms with Crippen molar-refractivity contribution in [2.24, 2.45) is 11.3 Å². The molecule has 1 atom stereocenters. The summed E-state index contributed by atoms with van der Waals surface area (Å²) >= 11 is 6.27. The number of hydrogen-bond acceptors (Lipinski definition) is 0. The quantitative estimate of drug-likeness (QED) is 0.544. The van der Waals surface area contributed by atoms with Crippen molar-refractivity contribution in [1.29, 1.82) is 0 Å². The summed E-state index contributed by atoms with van der Waals surface area (Å²) in [6, 6.07) is 0. The van der Waals surface area contributed by atoms with E-state index in [4.69, 9.17) is 11.6 Å². The largest absolute Gasteiger partial charge is 0.122 e. The highest BCUT2D eigenvalue weighted by Crippen LogP contribution is 2.44. The molecule has 0 spiro atoms. The van der Waals surface area contributed by atoms with Gasteiger partial charge in [0.25, 0.3) is 0 Å². The van der Waals surface area contributed by atoms with E-state index in [1.54, 1.807) is 5.92 Å². The van der Waals surface area contributed by atoms with Crippen LogP contribution in [0.25, 0.3) is 0 Å². The zero-order chi connectivity index (χ0) is 9.35. The third-order valence-corrected chi connectivity index (χ3v) is 3.40. The van der Waals surface area contributed by atoms with Crippen molar-refractivity contribution in [3.8, 4) is 0 Å². The summed E-state index contributed by atoms with van der Waals surface area (Å²) in [7, 11) is 0. The van der Waals surface area contributed by atoms with E-state index in [1.165, 1.54) is 19.3 Å². The Labute approximate surface area is 81.7 Å². The van der Waals surface area contributed by atoms with Crippen molar-refractivity contribution >= 4 is 11.6 Å². The number of rotatable bonds is 1. The first-order valence-corrected chi connectivity index (χ1v) is 5.36. The van der Waals surface area contributed by atoms with Gasteiger partial charge in [-0.3, -0.25) is 0 Å². The molecule has 0 N–H and O–H groups in total. The van der Waals surface area contributed by atoms with Crippen molar-refractivity contribution in [2.75, 3.05) is 0 Å². The first-order valence-electron chi connectivity index (χ1n) is 4.92. The lowest BCUT2D eigenvalue weighted by atomic mass is 9.69. The summed E-state index contributed by atoms with van der Waals surface area (Å²) in [5, 5.41) is 0.345. The zero-order valence-corrected chi connectivity index (χ0v) is 9.41. The lowest BCUT2D eigenvalue weighted by Crippen LogP contribution is -2.31. The van der Waals surface area contributed by atoms with Gasteiger partial charge in [-0.15, -0.1) is 11.6 Å². The van der Waals surface area contributed by atoms with Crippen LogP contribution >= 0.6 is 11.6 Å². The fraction of sp³-hybridized carbons (Fsp3) is 0.909. The van der Waals surface area contributed by atoms with Crippen LogP contribution in [-0.2, 0) is 0 Å². The van der Waals surface area contributed by atoms with Crippen LogP contribution in [-0.4, -0.2) is 5.38 Å². The Morgan fingerprint density at radius 2 is 2.00 bits per heavy atom. The van der Waals surface area contributed by atoms with Crippen molar-refractivity contribution in [3.05, 3.63) is 5.92 Å². The fourth-order valence-corrected chi connectivity index (χ4v) is 2.46. The monoisotopic (exact) mass is 187 g/mol. The van der Waals surface area contributed by atoms with Crippen LogP contribution in [0.1, 0.15) is 47.0 Å². The van der Waals surface area contributed by atoms with Crippen LogP contribution in [0.2, 0.25) is 0 Å². The van der Waals surface area contributed by atoms with Gasteiger partial charge >= 0.3 is 0 Å². The molecule has 0 heterocycles. The summed E-state index contributed by atoms with van der Waals surface area (Å²) < 4.78 is 0. The second-order valence-corrected chi connectivity index (χ2v) is 5.60. The van der Waals surface area contributed by atoms with E-state index in [0.717, 1.165) is 0 Å². The number of alkyl halides is 1. The van der Waals surface area contributed by atoms with E-state index in [0.29, 0.717) is 16.7 Å². The van der Waals surface area contributed by atoms with Crippen LogP contribution in [0.15, 0.2) is 0 Å². The maximum absolute atomic E-state index is 6.27. The third kappa shape index (κ3) is 2.39. The highest BCUT2D eigenvalue weighted by atomic mass is 35.5. The van der Waals surface area contributed by atoms with Crippen LogP contribution in [0.4, 0.5) is 0 Å². The Bertz CT molecular complexity index is 149. The SMILES string of the molecule is CC(C)[C]1CC(C)(C)CCC1Cl. The zero-order valence-electron chi connectivity index (χ0n) is 8.65. The van der Waals surface area contributed by atoms with Gasteiger partial charge in [0.2, 0.25) is 0 Å². The molecular weight excluding hydrogens is 168 g/mol. The fourth-order valence-electron chi connectivity index (χ4n) is 2.02. The molecule has 0 amide bonds. The molecule has 0 aliphatic heterocycles. The van der Waals surface area contributed by atoms with E-state index in [1.807, 2.05) is 0 Å². The van der Waals surface area contributed by atoms with Gasteiger partial charge in [0.05, 0.1) is 0 Å². The van der Waals surface area contributed by atoms with Crippen LogP contribution in [0.5, 0.6) is 0 Å². The van der Waals surface area contributed by atoms with Gasteiger partial charge in [0.1, 0.15) is 0 Å². The van der Waals surface area contributed by atoms with E-state index in [-0.39, 0.29) is 0 Å². The molecule has 0 saturated heterocycles. The molecule has 1 unspecified atom stereocenters. The predicted octanol–water partition coefficient (Wildman–Crippen LogP) is 4.03. The third-order valence-electron chi connectivity index (χ3n) is 2.90. The Morgan fingerprint density at radius 3 is 2.42 bits per heavy atom. The minimum Gasteiger partial charge on any atom is -0.122 e. The molecule has 0 aromatic carbocycles. The summed E-state index contributed by atoms with van der Waals surface area (Å²) in [4.78, 5) is 0. The van der Waals surface area contributed by atoms with Gasteiger partial charge in [0.15, 0.2) is 0 Å². The molecule has 12 heavy (non-hydrogen) atoms. The van der Waals surface area contributed by atoms with Crippen LogP contribution in [0.3, 0.4) is 0 Å². The van der Waals surface area contributed by atoms with E-state index < -0.39 is 0 Å². The Kier molecular flexibility index (Phi) is 3.09. The second-order valence-electron chi connectivity index (χ2n) is 5.08. The minimum absolute atomic E-state index is 0.345. The molecule has 0 aromatic heterocycles. The maximum atomic E-state index is 6.27. The summed E-state index contributed by atoms with van der Waals surface area (Å²) in [5.74, 6) is 2.22. The first-order chi connectivity index (χ1) is 5.42. The summed E-state index contributed by atoms with van der Waals surface area (Å²) in [5.41, 5.74) is 0.491. The molecule has 1 fully saturated rings. The molecule has 1 aliphatic carbocycles. The average Bonchev–Trinajstić information content (AvgIpc) is 1.94. The van der Waals surface area contributed by atoms with Crippen molar-refractivity contribution in [3.63, 3.8) is 0 Å². The standard InChI is InChI=1S/C11H20Cl/c1-8(2)9-7-11(3,4)6-5-10(9)12/h8,10H,5-7H2,1-4H3. The molecule has 71 valence electrons. The molecule has 0 nitrogen and oxygen atoms in total. The smallest absolute Gasteiger partial charge is 0.0401 e. The summed E-state index contributed by atoms with van der Waals surface area (Å²) in [6.07, 6.45) is 3.66. The number of hydrogen-bond donors (Lipinski definition) is 0. The average molecular weight is 188 g/mol. The predicted molar refractivity (Wildman–Crippen MR) is 55.4 cm³/mol. The molecule has 0 bridgehead atoms. The minimum atomic E-state index is 0.345. The van der Waals surface area contributed by atoms with Gasteiger partial charge in [0, 0.05) is 5.38 Å². The molecule has 1 aliphatic rings. The lowest BCUT2D eigenvalue weighted by Gasteiger charge is -2.39. The van der Waals surface area contributed by atoms with Gasteiger partial charge in [-0.2, -0.15) is 0 Å². The molecule has 0 aromatic rings. The molecule has 1 radical (unpaired) electrons. The second kappa shape index (κ2) is 3.57. The Morgan fingerprint density at radius 1 is 1.42 bits per heavy atom. The van der Waals surface area contributed by atoms with Gasteiger partial charge in [-0.25, -0.2) is 0 Å². The Hall–Kier alpha value is 0.290. The van der Waals surface area contributed by atoms with Crippen molar-refractivity contribution < 1.29 is 0 Å². The van der Waals surface area contributed by atoms with E-state index >= 15 is 0 Å². The molecule has 1 saturated carbocycles. The lowest BCUT2D eigenvalue weighted by molar-refractivity contribution is 0.245. The normalized spacial score (nSPS) is 31.0. The van der Waals surface area contributed by atoms with E-state index in [9.17, 15) is 0 Å². The topological polar surface area (TPSA) is 0 Å². The molecule has 1 rings (SSSR count). The Balaban J connectivity index is 2.59. The summed E-state index contributed by atoms with van der Waals surface area (Å²) in [6.45, 7) is 9.20. The van der Waals surface area contributed by atoms with Crippen LogP contribution < -0.4 is 0 Å². The highest BCUT2D eigenvalue weighted by Gasteiger charge is 2.35. The van der Waals surface area contributed by atoms with Crippen LogP contribution in [0, 0.1) is 17.3 Å². The number of halogens is 1. The van der Waals surface area contributed by atoms with Gasteiger partial charge in [-0.1, -0.05) is 27.7 Å². The van der Waals surface area contributed by atoms with Crippen molar-refractivity contribution in [1.82, 2.24) is 0 Å². The first kappa shape index (κ1) is 10.4. The highest BCUT2D eigenvalue weighted by molar-refractivity contribution is 6.22.